The molecule has 3 rings (SSSR count). The Kier molecular flexibility index (Phi) is 6.98. The van der Waals surface area contributed by atoms with E-state index in [1.807, 2.05) is 60.7 Å². The minimum absolute atomic E-state index is 0.149. The number of benzene rings is 2. The van der Waals surface area contributed by atoms with Crippen LogP contribution in [0, 0.1) is 5.92 Å². The van der Waals surface area contributed by atoms with Gasteiger partial charge in [0.15, 0.2) is 0 Å². The molecule has 5 nitrogen and oxygen atoms in total. The van der Waals surface area contributed by atoms with Crippen molar-refractivity contribution in [2.24, 2.45) is 5.92 Å². The maximum absolute atomic E-state index is 13.2. The van der Waals surface area contributed by atoms with Gasteiger partial charge in [-0.05, 0) is 24.0 Å². The first-order valence-corrected chi connectivity index (χ1v) is 9.66. The van der Waals surface area contributed by atoms with E-state index >= 15 is 0 Å². The number of aliphatic hydroxyl groups is 1. The number of hydrogen-bond acceptors (Lipinski definition) is 4. The molecule has 2 amide bonds. The number of carbonyl (C=O) groups is 2. The molecule has 1 saturated heterocycles. The number of imide groups is 1. The van der Waals surface area contributed by atoms with Crippen molar-refractivity contribution < 1.29 is 19.4 Å². The molecule has 2 aromatic rings. The van der Waals surface area contributed by atoms with Crippen LogP contribution in [0.2, 0.25) is 0 Å². The first kappa shape index (κ1) is 20.6. The molecule has 29 heavy (non-hydrogen) atoms. The van der Waals surface area contributed by atoms with Gasteiger partial charge in [0.05, 0.1) is 18.1 Å². The number of aliphatic hydroxyl groups excluding tert-OH is 1. The lowest BCUT2D eigenvalue weighted by atomic mass is 9.94. The number of hydrogen-bond donors (Lipinski definition) is 1. The summed E-state index contributed by atoms with van der Waals surface area (Å²) in [6.07, 6.45) is 3.97. The van der Waals surface area contributed by atoms with Gasteiger partial charge in [-0.25, -0.2) is 9.69 Å². The lowest BCUT2D eigenvalue weighted by Gasteiger charge is -2.26. The smallest absolute Gasteiger partial charge is 0.416 e. The molecule has 150 valence electrons. The summed E-state index contributed by atoms with van der Waals surface area (Å²) >= 11 is 0. The molecule has 1 N–H and O–H groups in total. The summed E-state index contributed by atoms with van der Waals surface area (Å²) in [5.74, 6) is -1.25. The van der Waals surface area contributed by atoms with Gasteiger partial charge in [0.2, 0.25) is 5.91 Å². The minimum Gasteiger partial charge on any atom is -0.447 e. The van der Waals surface area contributed by atoms with Crippen LogP contribution in [0.25, 0.3) is 6.08 Å². The van der Waals surface area contributed by atoms with Crippen LogP contribution in [-0.4, -0.2) is 40.8 Å². The van der Waals surface area contributed by atoms with Crippen LogP contribution >= 0.6 is 0 Å². The molecule has 1 fully saturated rings. The summed E-state index contributed by atoms with van der Waals surface area (Å²) in [6, 6.07) is 18.8. The molecule has 0 aliphatic carbocycles. The second-order valence-corrected chi connectivity index (χ2v) is 7.02. The maximum Gasteiger partial charge on any atom is 0.416 e. The Hall–Kier alpha value is -3.18. The fourth-order valence-electron chi connectivity index (χ4n) is 3.42. The van der Waals surface area contributed by atoms with Crippen molar-refractivity contribution in [3.8, 4) is 0 Å². The molecule has 1 aliphatic heterocycles. The fraction of sp³-hybridized carbons (Fsp3) is 0.250. The van der Waals surface area contributed by atoms with E-state index in [-0.39, 0.29) is 13.0 Å². The third kappa shape index (κ3) is 5.21. The van der Waals surface area contributed by atoms with Crippen molar-refractivity contribution in [2.45, 2.75) is 25.0 Å². The Morgan fingerprint density at radius 1 is 1.17 bits per heavy atom. The van der Waals surface area contributed by atoms with Crippen molar-refractivity contribution in [1.29, 1.82) is 0 Å². The standard InChI is InChI=1S/C24H25NO4/c1-2-9-21(22(26)15-14-18-10-5-3-6-11-18)23(27)25-20(17-29-24(25)28)16-19-12-7-4-8-13-19/h2-8,10-15,20-22,26H,1,9,16-17H2/b15-14+/t20-,21?,22?/m1/s1. The highest BCUT2D eigenvalue weighted by Gasteiger charge is 2.41. The third-order valence-corrected chi connectivity index (χ3v) is 4.95. The highest BCUT2D eigenvalue weighted by Crippen LogP contribution is 2.24. The van der Waals surface area contributed by atoms with Crippen molar-refractivity contribution in [3.63, 3.8) is 0 Å². The third-order valence-electron chi connectivity index (χ3n) is 4.95. The van der Waals surface area contributed by atoms with Gasteiger partial charge in [-0.2, -0.15) is 0 Å². The van der Waals surface area contributed by atoms with Crippen LogP contribution in [0.4, 0.5) is 4.79 Å². The Labute approximate surface area is 170 Å². The van der Waals surface area contributed by atoms with E-state index in [4.69, 9.17) is 4.74 Å². The summed E-state index contributed by atoms with van der Waals surface area (Å²) in [5, 5.41) is 10.7. The van der Waals surface area contributed by atoms with Gasteiger partial charge in [0.1, 0.15) is 6.61 Å². The van der Waals surface area contributed by atoms with Crippen LogP contribution < -0.4 is 0 Å². The fourth-order valence-corrected chi connectivity index (χ4v) is 3.42. The largest absolute Gasteiger partial charge is 0.447 e. The maximum atomic E-state index is 13.2. The average molecular weight is 391 g/mol. The zero-order valence-electron chi connectivity index (χ0n) is 16.2. The molecule has 2 aromatic carbocycles. The van der Waals surface area contributed by atoms with Crippen molar-refractivity contribution in [2.75, 3.05) is 6.61 Å². The topological polar surface area (TPSA) is 66.8 Å². The van der Waals surface area contributed by atoms with E-state index in [9.17, 15) is 14.7 Å². The molecule has 1 aliphatic rings. The SMILES string of the molecule is C=CCC(C(=O)N1C(=O)OC[C@H]1Cc1ccccc1)C(O)/C=C/c1ccccc1. The van der Waals surface area contributed by atoms with E-state index in [0.717, 1.165) is 16.0 Å². The van der Waals surface area contributed by atoms with Gasteiger partial charge in [-0.15, -0.1) is 6.58 Å². The summed E-state index contributed by atoms with van der Waals surface area (Å²) in [5.41, 5.74) is 1.93. The number of rotatable bonds is 8. The zero-order valence-corrected chi connectivity index (χ0v) is 16.2. The van der Waals surface area contributed by atoms with Gasteiger partial charge >= 0.3 is 6.09 Å². The summed E-state index contributed by atoms with van der Waals surface area (Å²) in [7, 11) is 0. The highest BCUT2D eigenvalue weighted by molar-refractivity contribution is 5.95. The van der Waals surface area contributed by atoms with E-state index in [0.29, 0.717) is 6.42 Å². The molecule has 0 radical (unpaired) electrons. The number of amides is 2. The van der Waals surface area contributed by atoms with E-state index in [1.54, 1.807) is 18.2 Å². The van der Waals surface area contributed by atoms with Crippen LogP contribution in [0.15, 0.2) is 79.4 Å². The lowest BCUT2D eigenvalue weighted by Crippen LogP contribution is -2.46. The van der Waals surface area contributed by atoms with Crippen LogP contribution in [0.1, 0.15) is 17.5 Å². The number of nitrogens with zero attached hydrogens (tertiary/aromatic N) is 1. The molecule has 0 aromatic heterocycles. The molecule has 0 bridgehead atoms. The summed E-state index contributed by atoms with van der Waals surface area (Å²) < 4.78 is 5.15. The molecule has 1 heterocycles. The summed E-state index contributed by atoms with van der Waals surface area (Å²) in [4.78, 5) is 26.6. The highest BCUT2D eigenvalue weighted by atomic mass is 16.6. The zero-order chi connectivity index (χ0) is 20.6. The predicted molar refractivity (Wildman–Crippen MR) is 112 cm³/mol. The van der Waals surface area contributed by atoms with Crippen LogP contribution in [-0.2, 0) is 16.0 Å². The molecule has 0 saturated carbocycles. The Bertz CT molecular complexity index is 863. The average Bonchev–Trinajstić information content (AvgIpc) is 3.11. The van der Waals surface area contributed by atoms with Crippen LogP contribution in [0.5, 0.6) is 0 Å². The Balaban J connectivity index is 1.76. The second-order valence-electron chi connectivity index (χ2n) is 7.02. The van der Waals surface area contributed by atoms with Crippen molar-refractivity contribution >= 4 is 18.1 Å². The molecule has 3 atom stereocenters. The van der Waals surface area contributed by atoms with E-state index in [2.05, 4.69) is 6.58 Å². The Morgan fingerprint density at radius 2 is 1.83 bits per heavy atom. The normalized spacial score (nSPS) is 18.4. The summed E-state index contributed by atoms with van der Waals surface area (Å²) in [6.45, 7) is 3.84. The number of carbonyl (C=O) groups excluding carboxylic acids is 2. The Morgan fingerprint density at radius 3 is 2.48 bits per heavy atom. The minimum atomic E-state index is -1.05. The van der Waals surface area contributed by atoms with Gasteiger partial charge in [-0.3, -0.25) is 4.79 Å². The van der Waals surface area contributed by atoms with Crippen molar-refractivity contribution in [1.82, 2.24) is 4.90 Å². The van der Waals surface area contributed by atoms with E-state index < -0.39 is 30.1 Å². The molecular weight excluding hydrogens is 366 g/mol. The molecule has 5 heteroatoms. The van der Waals surface area contributed by atoms with Gasteiger partial charge in [0.25, 0.3) is 0 Å². The predicted octanol–water partition coefficient (Wildman–Crippen LogP) is 3.84. The van der Waals surface area contributed by atoms with Gasteiger partial charge in [-0.1, -0.05) is 78.9 Å². The lowest BCUT2D eigenvalue weighted by molar-refractivity contribution is -0.136. The molecule has 0 spiro atoms. The second kappa shape index (κ2) is 9.85. The van der Waals surface area contributed by atoms with E-state index in [1.165, 1.54) is 0 Å². The monoisotopic (exact) mass is 391 g/mol. The van der Waals surface area contributed by atoms with Crippen molar-refractivity contribution in [3.05, 3.63) is 90.5 Å². The molecular formula is C24H25NO4. The quantitative estimate of drug-likeness (QED) is 0.694. The number of cyclic esters (lactones) is 1. The first-order chi connectivity index (χ1) is 14.1. The van der Waals surface area contributed by atoms with Gasteiger partial charge in [0, 0.05) is 0 Å². The molecule has 2 unspecified atom stereocenters. The van der Waals surface area contributed by atoms with Gasteiger partial charge < -0.3 is 9.84 Å². The number of ether oxygens (including phenoxy) is 1. The van der Waals surface area contributed by atoms with Crippen LogP contribution in [0.3, 0.4) is 0 Å². The number of allylic oxidation sites excluding steroid dienone is 1. The first-order valence-electron chi connectivity index (χ1n) is 9.66.